The van der Waals surface area contributed by atoms with E-state index in [1.54, 1.807) is 48.5 Å². The molecule has 12 heteroatoms. The minimum absolute atomic E-state index is 0.0861. The summed E-state index contributed by atoms with van der Waals surface area (Å²) in [6.45, 7) is 7.34. The van der Waals surface area contributed by atoms with E-state index in [1.807, 2.05) is 23.1 Å². The molecule has 3 heterocycles. The van der Waals surface area contributed by atoms with Crippen molar-refractivity contribution in [2.75, 3.05) is 64.4 Å². The van der Waals surface area contributed by atoms with Gasteiger partial charge in [-0.2, -0.15) is 0 Å². The number of halogens is 2. The average Bonchev–Trinajstić information content (AvgIpc) is 3.61. The van der Waals surface area contributed by atoms with Gasteiger partial charge in [0.2, 0.25) is 15.7 Å². The summed E-state index contributed by atoms with van der Waals surface area (Å²) < 4.78 is 61.1. The number of sulfone groups is 1. The highest BCUT2D eigenvalue weighted by Crippen LogP contribution is 2.53. The van der Waals surface area contributed by atoms with E-state index >= 15 is 0 Å². The molecule has 3 aliphatic heterocycles. The van der Waals surface area contributed by atoms with Gasteiger partial charge in [0.15, 0.2) is 0 Å². The van der Waals surface area contributed by atoms with Crippen LogP contribution in [0.4, 0.5) is 14.5 Å². The fourth-order valence-electron chi connectivity index (χ4n) is 10.1. The lowest BCUT2D eigenvalue weighted by Crippen LogP contribution is -2.56. The maximum atomic E-state index is 15.0. The molecule has 9 nitrogen and oxygen atoms in total. The summed E-state index contributed by atoms with van der Waals surface area (Å²) in [7, 11) is -2.32. The van der Waals surface area contributed by atoms with E-state index in [0.717, 1.165) is 76.1 Å². The number of alkyl halides is 1. The number of hydrogen-bond donors (Lipinski definition) is 1. The molecule has 0 radical (unpaired) electrons. The van der Waals surface area contributed by atoms with E-state index in [4.69, 9.17) is 4.74 Å². The molecule has 0 unspecified atom stereocenters. The number of esters is 1. The van der Waals surface area contributed by atoms with Crippen LogP contribution in [0.5, 0.6) is 0 Å². The van der Waals surface area contributed by atoms with Gasteiger partial charge in [0.1, 0.15) is 12.0 Å². The van der Waals surface area contributed by atoms with Crippen LogP contribution in [-0.4, -0.2) is 95.7 Å². The van der Waals surface area contributed by atoms with E-state index < -0.39 is 21.4 Å². The Morgan fingerprint density at radius 2 is 1.65 bits per heavy atom. The molecule has 1 saturated carbocycles. The van der Waals surface area contributed by atoms with Crippen LogP contribution in [0.3, 0.4) is 0 Å². The summed E-state index contributed by atoms with van der Waals surface area (Å²) in [5.74, 6) is 0.156. The molecule has 0 aromatic heterocycles. The molecule has 296 valence electrons. The Morgan fingerprint density at radius 3 is 2.33 bits per heavy atom. The van der Waals surface area contributed by atoms with Gasteiger partial charge in [-0.1, -0.05) is 36.8 Å². The number of benzene rings is 3. The third-order valence-electron chi connectivity index (χ3n) is 12.8. The SMILES string of the molecule is COC(=O)C[C@H]1CCC[C@@H]1[C@](CNC(C)=O)(c1cccc(F)c1)C1CCN(CC2CN(c3ccc(S(=O)(=O)c4ccccc4)c(CN4CC(F)C4)c3)C2)CC1. The number of nitrogens with one attached hydrogen (secondary N) is 1. The Morgan fingerprint density at radius 1 is 0.909 bits per heavy atom. The largest absolute Gasteiger partial charge is 0.469 e. The molecule has 4 fully saturated rings. The van der Waals surface area contributed by atoms with Gasteiger partial charge in [0.05, 0.1) is 16.9 Å². The third-order valence-corrected chi connectivity index (χ3v) is 14.7. The normalized spacial score (nSPS) is 22.8. The number of carbonyl (C=O) groups is 2. The highest BCUT2D eigenvalue weighted by atomic mass is 32.2. The van der Waals surface area contributed by atoms with Crippen molar-refractivity contribution >= 4 is 27.4 Å². The molecule has 3 aromatic carbocycles. The number of nitrogens with zero attached hydrogens (tertiary/aromatic N) is 3. The lowest BCUT2D eigenvalue weighted by Gasteiger charge is -2.51. The Bertz CT molecular complexity index is 1930. The van der Waals surface area contributed by atoms with Gasteiger partial charge >= 0.3 is 5.97 Å². The number of methoxy groups -OCH3 is 1. The van der Waals surface area contributed by atoms with Crippen molar-refractivity contribution < 1.29 is 31.5 Å². The lowest BCUT2D eigenvalue weighted by molar-refractivity contribution is -0.142. The van der Waals surface area contributed by atoms with Crippen LogP contribution in [-0.2, 0) is 36.1 Å². The third kappa shape index (κ3) is 8.46. The standard InChI is InChI=1S/C43H54F2N4O5S/c1-30(50)46-29-43(35-9-7-10-36(44)22-35,40-13-6-8-32(40)21-42(51)54-2)34-16-18-47(19-17-34)23-31-24-49(25-31)38-14-15-41(33(20-38)26-48-27-37(45)28-48)55(52,53)39-11-4-3-5-12-39/h3-5,7,9-12,14-15,20,22,31-32,34,37,40H,6,8,13,16-19,21,23-29H2,1-2H3,(H,46,50)/t32-,40+,43+/m1/s1. The molecule has 0 bridgehead atoms. The maximum absolute atomic E-state index is 15.0. The number of piperidine rings is 1. The number of likely N-dealkylation sites (tertiary alicyclic amines) is 2. The quantitative estimate of drug-likeness (QED) is 0.199. The molecule has 1 aliphatic carbocycles. The second-order valence-corrected chi connectivity index (χ2v) is 18.2. The van der Waals surface area contributed by atoms with E-state index in [9.17, 15) is 26.8 Å². The summed E-state index contributed by atoms with van der Waals surface area (Å²) in [5.41, 5.74) is 2.04. The summed E-state index contributed by atoms with van der Waals surface area (Å²) >= 11 is 0. The Balaban J connectivity index is 1.04. The fourth-order valence-corrected chi connectivity index (χ4v) is 11.6. The zero-order chi connectivity index (χ0) is 38.7. The van der Waals surface area contributed by atoms with E-state index in [2.05, 4.69) is 15.1 Å². The minimum atomic E-state index is -3.74. The highest BCUT2D eigenvalue weighted by molar-refractivity contribution is 7.91. The molecular formula is C43H54F2N4O5S. The zero-order valence-electron chi connectivity index (χ0n) is 32.0. The summed E-state index contributed by atoms with van der Waals surface area (Å²) in [6.07, 6.45) is 4.01. The topological polar surface area (TPSA) is 99.3 Å². The first kappa shape index (κ1) is 39.4. The zero-order valence-corrected chi connectivity index (χ0v) is 32.8. The first-order valence-electron chi connectivity index (χ1n) is 19.8. The van der Waals surface area contributed by atoms with Crippen LogP contribution in [0.15, 0.2) is 82.6 Å². The fraction of sp³-hybridized carbons (Fsp3) is 0.535. The van der Waals surface area contributed by atoms with Crippen molar-refractivity contribution in [1.82, 2.24) is 15.1 Å². The molecule has 0 spiro atoms. The van der Waals surface area contributed by atoms with Gasteiger partial charge in [0.25, 0.3) is 0 Å². The van der Waals surface area contributed by atoms with Crippen LogP contribution < -0.4 is 10.2 Å². The lowest BCUT2D eigenvalue weighted by atomic mass is 9.57. The monoisotopic (exact) mass is 776 g/mol. The van der Waals surface area contributed by atoms with Gasteiger partial charge in [-0.05, 0) is 110 Å². The minimum Gasteiger partial charge on any atom is -0.469 e. The Kier molecular flexibility index (Phi) is 12.0. The predicted molar refractivity (Wildman–Crippen MR) is 208 cm³/mol. The van der Waals surface area contributed by atoms with Crippen molar-refractivity contribution in [3.8, 4) is 0 Å². The van der Waals surface area contributed by atoms with Gasteiger partial charge in [-0.15, -0.1) is 0 Å². The second-order valence-electron chi connectivity index (χ2n) is 16.3. The second kappa shape index (κ2) is 16.7. The number of ether oxygens (including phenoxy) is 1. The summed E-state index contributed by atoms with van der Waals surface area (Å²) in [6, 6.07) is 20.9. The Hall–Kier alpha value is -3.87. The number of rotatable bonds is 14. The molecular weight excluding hydrogens is 723 g/mol. The van der Waals surface area contributed by atoms with Crippen molar-refractivity contribution in [1.29, 1.82) is 0 Å². The van der Waals surface area contributed by atoms with E-state index in [-0.39, 0.29) is 45.2 Å². The molecule has 3 aromatic rings. The number of hydrogen-bond acceptors (Lipinski definition) is 8. The first-order valence-corrected chi connectivity index (χ1v) is 21.3. The molecule has 4 aliphatic rings. The molecule has 7 rings (SSSR count). The number of anilines is 1. The Labute approximate surface area is 324 Å². The van der Waals surface area contributed by atoms with Crippen molar-refractivity contribution in [3.63, 3.8) is 0 Å². The summed E-state index contributed by atoms with van der Waals surface area (Å²) in [4.78, 5) is 32.3. The number of carbonyl (C=O) groups excluding carboxylic acids is 2. The molecule has 55 heavy (non-hydrogen) atoms. The predicted octanol–water partition coefficient (Wildman–Crippen LogP) is 6.01. The maximum Gasteiger partial charge on any atom is 0.305 e. The van der Waals surface area contributed by atoms with Crippen LogP contribution >= 0.6 is 0 Å². The van der Waals surface area contributed by atoms with Gasteiger partial charge < -0.3 is 19.9 Å². The van der Waals surface area contributed by atoms with Crippen LogP contribution in [0.1, 0.15) is 56.6 Å². The molecule has 3 atom stereocenters. The average molecular weight is 777 g/mol. The van der Waals surface area contributed by atoms with Gasteiger partial charge in [-0.3, -0.25) is 14.5 Å². The van der Waals surface area contributed by atoms with Gasteiger partial charge in [-0.25, -0.2) is 17.2 Å². The van der Waals surface area contributed by atoms with E-state index in [1.165, 1.54) is 20.1 Å². The van der Waals surface area contributed by atoms with Crippen LogP contribution in [0.25, 0.3) is 0 Å². The first-order chi connectivity index (χ1) is 26.5. The van der Waals surface area contributed by atoms with Crippen LogP contribution in [0, 0.1) is 29.5 Å². The van der Waals surface area contributed by atoms with Crippen molar-refractivity contribution in [2.24, 2.45) is 23.7 Å². The molecule has 1 N–H and O–H groups in total. The smallest absolute Gasteiger partial charge is 0.305 e. The molecule has 1 amide bonds. The number of amides is 1. The summed E-state index contributed by atoms with van der Waals surface area (Å²) in [5, 5.41) is 3.14. The highest BCUT2D eigenvalue weighted by Gasteiger charge is 2.52. The van der Waals surface area contributed by atoms with Crippen molar-refractivity contribution in [2.45, 2.75) is 73.4 Å². The van der Waals surface area contributed by atoms with Gasteiger partial charge in [0, 0.05) is 76.2 Å². The molecule has 3 saturated heterocycles. The van der Waals surface area contributed by atoms with E-state index in [0.29, 0.717) is 44.1 Å². The van der Waals surface area contributed by atoms with Crippen LogP contribution in [0.2, 0.25) is 0 Å². The van der Waals surface area contributed by atoms with Crippen molar-refractivity contribution in [3.05, 3.63) is 89.7 Å².